The first-order valence-corrected chi connectivity index (χ1v) is 18.1. The van der Waals surface area contributed by atoms with E-state index in [0.29, 0.717) is 0 Å². The molecule has 1 aliphatic carbocycles. The minimum Gasteiger partial charge on any atom is -0.135 e. The zero-order chi connectivity index (χ0) is 31.9. The van der Waals surface area contributed by atoms with Crippen molar-refractivity contribution in [3.63, 3.8) is 0 Å². The van der Waals surface area contributed by atoms with E-state index < -0.39 is 0 Å². The van der Waals surface area contributed by atoms with Crippen molar-refractivity contribution in [3.05, 3.63) is 164 Å². The molecule has 226 valence electrons. The van der Waals surface area contributed by atoms with Crippen molar-refractivity contribution in [3.8, 4) is 11.1 Å². The number of hydrogen-bond donors (Lipinski definition) is 0. The van der Waals surface area contributed by atoms with Gasteiger partial charge in [-0.2, -0.15) is 0 Å². The lowest BCUT2D eigenvalue weighted by atomic mass is 9.77. The number of fused-ring (bicyclic) bond motifs is 11. The van der Waals surface area contributed by atoms with Crippen molar-refractivity contribution >= 4 is 101 Å². The van der Waals surface area contributed by atoms with Gasteiger partial charge in [0, 0.05) is 57.6 Å². The first-order chi connectivity index (χ1) is 23.7. The summed E-state index contributed by atoms with van der Waals surface area (Å²) in [7, 11) is 0. The van der Waals surface area contributed by atoms with Crippen LogP contribution in [-0.4, -0.2) is 0 Å². The molecule has 0 aliphatic heterocycles. The molecule has 9 aromatic rings. The van der Waals surface area contributed by atoms with Gasteiger partial charge in [-0.25, -0.2) is 0 Å². The monoisotopic (exact) mass is 646 g/mol. The molecule has 2 atom stereocenters. The van der Waals surface area contributed by atoms with E-state index in [1.807, 2.05) is 28.7 Å². The van der Waals surface area contributed by atoms with Gasteiger partial charge in [0.05, 0.1) is 0 Å². The highest BCUT2D eigenvalue weighted by molar-refractivity contribution is 7.27. The predicted molar refractivity (Wildman–Crippen MR) is 215 cm³/mol. The van der Waals surface area contributed by atoms with Gasteiger partial charge in [0.15, 0.2) is 0 Å². The van der Waals surface area contributed by atoms with Gasteiger partial charge in [-0.05, 0) is 73.5 Å². The molecule has 10 rings (SSSR count). The maximum atomic E-state index is 4.74. The molecule has 0 nitrogen and oxygen atoms in total. The van der Waals surface area contributed by atoms with E-state index in [4.69, 9.17) is 6.58 Å². The lowest BCUT2D eigenvalue weighted by molar-refractivity contribution is 0.688. The van der Waals surface area contributed by atoms with E-state index in [1.54, 1.807) is 0 Å². The number of benzene rings is 7. The lowest BCUT2D eigenvalue weighted by Crippen LogP contribution is -2.12. The second-order valence-corrected chi connectivity index (χ2v) is 15.0. The van der Waals surface area contributed by atoms with Crippen molar-refractivity contribution in [1.29, 1.82) is 0 Å². The molecule has 0 spiro atoms. The maximum Gasteiger partial charge on any atom is 0.0434 e. The molecule has 2 aromatic heterocycles. The summed E-state index contributed by atoms with van der Waals surface area (Å²) in [6, 6.07) is 43.1. The van der Waals surface area contributed by atoms with Gasteiger partial charge in [-0.15, -0.1) is 29.3 Å². The predicted octanol–water partition coefficient (Wildman–Crippen LogP) is 14.1. The molecular weight excluding hydrogens is 617 g/mol. The standard InChI is InChI=1S/C46H30S2/c1-3-28-12-4-5-13-30(28)27(2)43-31-14-6-8-16-33(31)44(34-17-9-7-15-32(34)43)29-20-24-41-39(26-29)37-22-21-35-36(46(37)48-41)23-25-42-45(35)38-18-10-11-19-40(38)47-42/h3-26,28,30H,1-2H2. The van der Waals surface area contributed by atoms with Crippen molar-refractivity contribution < 1.29 is 0 Å². The van der Waals surface area contributed by atoms with Crippen molar-refractivity contribution in [2.45, 2.75) is 0 Å². The van der Waals surface area contributed by atoms with Crippen LogP contribution in [0.4, 0.5) is 0 Å². The van der Waals surface area contributed by atoms with Crippen molar-refractivity contribution in [2.75, 3.05) is 0 Å². The van der Waals surface area contributed by atoms with Gasteiger partial charge in [0.2, 0.25) is 0 Å². The average molecular weight is 647 g/mol. The quantitative estimate of drug-likeness (QED) is 0.132. The van der Waals surface area contributed by atoms with Gasteiger partial charge in [-0.3, -0.25) is 0 Å². The molecule has 0 bridgehead atoms. The molecule has 0 fully saturated rings. The molecule has 2 heteroatoms. The van der Waals surface area contributed by atoms with Crippen LogP contribution in [0, 0.1) is 11.8 Å². The van der Waals surface area contributed by atoms with Gasteiger partial charge in [0.1, 0.15) is 0 Å². The molecule has 2 unspecified atom stereocenters. The Bertz CT molecular complexity index is 2830. The summed E-state index contributed by atoms with van der Waals surface area (Å²) in [5, 5.41) is 13.1. The van der Waals surface area contributed by atoms with Crippen LogP contribution in [0.2, 0.25) is 0 Å². The highest BCUT2D eigenvalue weighted by Crippen LogP contribution is 2.48. The topological polar surface area (TPSA) is 0 Å². The molecule has 0 saturated heterocycles. The molecule has 0 saturated carbocycles. The second kappa shape index (κ2) is 10.6. The molecule has 0 amide bonds. The van der Waals surface area contributed by atoms with Crippen LogP contribution in [0.1, 0.15) is 5.56 Å². The summed E-state index contributed by atoms with van der Waals surface area (Å²) >= 11 is 3.80. The fourth-order valence-electron chi connectivity index (χ4n) is 8.17. The lowest BCUT2D eigenvalue weighted by Gasteiger charge is -2.26. The Morgan fingerprint density at radius 1 is 0.542 bits per heavy atom. The van der Waals surface area contributed by atoms with Crippen molar-refractivity contribution in [2.24, 2.45) is 11.8 Å². The molecule has 0 radical (unpaired) electrons. The van der Waals surface area contributed by atoms with Gasteiger partial charge in [-0.1, -0.05) is 128 Å². The largest absolute Gasteiger partial charge is 0.135 e. The number of rotatable bonds is 4. The summed E-state index contributed by atoms with van der Waals surface area (Å²) in [5.74, 6) is 0.390. The first-order valence-electron chi connectivity index (χ1n) is 16.5. The molecule has 48 heavy (non-hydrogen) atoms. The van der Waals surface area contributed by atoms with Crippen LogP contribution in [0.15, 0.2) is 159 Å². The summed E-state index contributed by atoms with van der Waals surface area (Å²) in [4.78, 5) is 0. The highest BCUT2D eigenvalue weighted by Gasteiger charge is 2.25. The summed E-state index contributed by atoms with van der Waals surface area (Å²) < 4.78 is 5.39. The summed E-state index contributed by atoms with van der Waals surface area (Å²) in [5.41, 5.74) is 4.90. The third-order valence-electron chi connectivity index (χ3n) is 10.4. The van der Waals surface area contributed by atoms with E-state index in [2.05, 4.69) is 146 Å². The Hall–Kier alpha value is -5.28. The molecule has 2 heterocycles. The Morgan fingerprint density at radius 2 is 1.15 bits per heavy atom. The minimum atomic E-state index is 0.168. The second-order valence-electron chi connectivity index (χ2n) is 12.9. The summed E-state index contributed by atoms with van der Waals surface area (Å²) in [6.45, 7) is 8.89. The van der Waals surface area contributed by atoms with Gasteiger partial charge >= 0.3 is 0 Å². The normalized spacial score (nSPS) is 16.3. The SMILES string of the molecule is C=CC1C=CC=CC1C(=C)c1c2ccccc2c(-c2ccc3sc4c(ccc5c4ccc4sc6ccccc6c45)c3c2)c2ccccc12. The van der Waals surface area contributed by atoms with E-state index in [1.165, 1.54) is 89.4 Å². The summed E-state index contributed by atoms with van der Waals surface area (Å²) in [6.07, 6.45) is 10.8. The Morgan fingerprint density at radius 3 is 1.92 bits per heavy atom. The van der Waals surface area contributed by atoms with Crippen LogP contribution in [-0.2, 0) is 0 Å². The third kappa shape index (κ3) is 3.94. The van der Waals surface area contributed by atoms with E-state index in [-0.39, 0.29) is 11.8 Å². The smallest absolute Gasteiger partial charge is 0.0434 e. The zero-order valence-corrected chi connectivity index (χ0v) is 27.9. The number of allylic oxidation sites excluding steroid dienone is 6. The number of thiophene rings is 2. The van der Waals surface area contributed by atoms with Gasteiger partial charge < -0.3 is 0 Å². The van der Waals surface area contributed by atoms with Crippen LogP contribution >= 0.6 is 22.7 Å². The van der Waals surface area contributed by atoms with Crippen LogP contribution < -0.4 is 0 Å². The fourth-order valence-corrected chi connectivity index (χ4v) is 10.5. The van der Waals surface area contributed by atoms with Gasteiger partial charge in [0.25, 0.3) is 0 Å². The molecular formula is C46H30S2. The first kappa shape index (κ1) is 27.8. The Labute approximate surface area is 286 Å². The minimum absolute atomic E-state index is 0.168. The van der Waals surface area contributed by atoms with E-state index in [9.17, 15) is 0 Å². The van der Waals surface area contributed by atoms with Crippen LogP contribution in [0.25, 0.3) is 89.4 Å². The Kier molecular flexibility index (Phi) is 6.15. The van der Waals surface area contributed by atoms with E-state index >= 15 is 0 Å². The van der Waals surface area contributed by atoms with E-state index in [0.717, 1.165) is 5.57 Å². The van der Waals surface area contributed by atoms with Crippen LogP contribution in [0.5, 0.6) is 0 Å². The Balaban J connectivity index is 1.21. The third-order valence-corrected chi connectivity index (χ3v) is 12.7. The highest BCUT2D eigenvalue weighted by atomic mass is 32.1. The average Bonchev–Trinajstić information content (AvgIpc) is 3.72. The van der Waals surface area contributed by atoms with Crippen molar-refractivity contribution in [1.82, 2.24) is 0 Å². The molecule has 7 aromatic carbocycles. The van der Waals surface area contributed by atoms with Crippen LogP contribution in [0.3, 0.4) is 0 Å². The molecule has 1 aliphatic rings. The zero-order valence-electron chi connectivity index (χ0n) is 26.2. The number of hydrogen-bond acceptors (Lipinski definition) is 2. The fraction of sp³-hybridized carbons (Fsp3) is 0.0435. The maximum absolute atomic E-state index is 4.74. The molecule has 0 N–H and O–H groups in total.